The SMILES string of the molecule is CCn1nc(C)c(CN(CCOC)C(=O)c2onc3ncccc23)c1C. The summed E-state index contributed by atoms with van der Waals surface area (Å²) in [5.41, 5.74) is 3.44. The molecule has 8 heteroatoms. The molecule has 138 valence electrons. The molecule has 3 heterocycles. The second-order valence-corrected chi connectivity index (χ2v) is 6.07. The van der Waals surface area contributed by atoms with E-state index in [0.717, 1.165) is 23.5 Å². The van der Waals surface area contributed by atoms with Crippen LogP contribution in [0, 0.1) is 13.8 Å². The molecule has 0 N–H and O–H groups in total. The molecule has 0 unspecified atom stereocenters. The summed E-state index contributed by atoms with van der Waals surface area (Å²) in [5, 5.41) is 9.03. The first-order chi connectivity index (χ1) is 12.6. The predicted molar refractivity (Wildman–Crippen MR) is 95.8 cm³/mol. The van der Waals surface area contributed by atoms with E-state index in [1.807, 2.05) is 25.5 Å². The van der Waals surface area contributed by atoms with Gasteiger partial charge in [0.2, 0.25) is 11.4 Å². The molecule has 0 aromatic carbocycles. The quantitative estimate of drug-likeness (QED) is 0.645. The van der Waals surface area contributed by atoms with Crippen LogP contribution in [0.1, 0.15) is 34.4 Å². The zero-order chi connectivity index (χ0) is 18.7. The topological polar surface area (TPSA) is 86.3 Å². The van der Waals surface area contributed by atoms with Gasteiger partial charge in [0, 0.05) is 44.2 Å². The maximum Gasteiger partial charge on any atom is 0.293 e. The third kappa shape index (κ3) is 3.32. The number of carbonyl (C=O) groups is 1. The molecule has 3 rings (SSSR count). The van der Waals surface area contributed by atoms with Crippen molar-refractivity contribution >= 4 is 16.9 Å². The summed E-state index contributed by atoms with van der Waals surface area (Å²) in [6, 6.07) is 3.54. The van der Waals surface area contributed by atoms with E-state index < -0.39 is 0 Å². The second-order valence-electron chi connectivity index (χ2n) is 6.07. The number of aromatic nitrogens is 4. The lowest BCUT2D eigenvalue weighted by Crippen LogP contribution is -2.33. The van der Waals surface area contributed by atoms with Gasteiger partial charge in [-0.15, -0.1) is 0 Å². The minimum absolute atomic E-state index is 0.197. The Kier molecular flexibility index (Phi) is 5.32. The van der Waals surface area contributed by atoms with Gasteiger partial charge in [-0.05, 0) is 32.9 Å². The molecule has 0 saturated carbocycles. The van der Waals surface area contributed by atoms with Crippen LogP contribution >= 0.6 is 0 Å². The van der Waals surface area contributed by atoms with E-state index >= 15 is 0 Å². The number of pyridine rings is 1. The largest absolute Gasteiger partial charge is 0.383 e. The first-order valence-electron chi connectivity index (χ1n) is 8.58. The highest BCUT2D eigenvalue weighted by Gasteiger charge is 2.25. The van der Waals surface area contributed by atoms with E-state index in [4.69, 9.17) is 9.26 Å². The van der Waals surface area contributed by atoms with Gasteiger partial charge in [0.05, 0.1) is 17.7 Å². The van der Waals surface area contributed by atoms with Gasteiger partial charge in [0.25, 0.3) is 5.91 Å². The van der Waals surface area contributed by atoms with Crippen molar-refractivity contribution in [1.82, 2.24) is 24.8 Å². The Balaban J connectivity index is 1.93. The van der Waals surface area contributed by atoms with Crippen LogP contribution in [0.25, 0.3) is 11.0 Å². The molecule has 0 aliphatic heterocycles. The third-order valence-corrected chi connectivity index (χ3v) is 4.48. The lowest BCUT2D eigenvalue weighted by molar-refractivity contribution is 0.0642. The van der Waals surface area contributed by atoms with E-state index in [1.54, 1.807) is 30.3 Å². The average molecular weight is 357 g/mol. The molecule has 26 heavy (non-hydrogen) atoms. The fourth-order valence-electron chi connectivity index (χ4n) is 3.00. The molecule has 0 atom stereocenters. The summed E-state index contributed by atoms with van der Waals surface area (Å²) in [5.74, 6) is -0.0389. The van der Waals surface area contributed by atoms with Crippen molar-refractivity contribution < 1.29 is 14.1 Å². The van der Waals surface area contributed by atoms with E-state index in [0.29, 0.717) is 30.7 Å². The maximum absolute atomic E-state index is 13.1. The molecule has 8 nitrogen and oxygen atoms in total. The van der Waals surface area contributed by atoms with Crippen molar-refractivity contribution in [2.75, 3.05) is 20.3 Å². The molecule has 0 aliphatic carbocycles. The van der Waals surface area contributed by atoms with Crippen molar-refractivity contribution in [2.45, 2.75) is 33.9 Å². The van der Waals surface area contributed by atoms with Crippen LogP contribution in [0.2, 0.25) is 0 Å². The van der Waals surface area contributed by atoms with Gasteiger partial charge < -0.3 is 14.2 Å². The third-order valence-electron chi connectivity index (χ3n) is 4.48. The Morgan fingerprint density at radius 1 is 1.38 bits per heavy atom. The van der Waals surface area contributed by atoms with Crippen LogP contribution in [0.15, 0.2) is 22.9 Å². The van der Waals surface area contributed by atoms with E-state index in [-0.39, 0.29) is 11.7 Å². The van der Waals surface area contributed by atoms with Crippen LogP contribution in [0.4, 0.5) is 0 Å². The lowest BCUT2D eigenvalue weighted by atomic mass is 10.1. The normalized spacial score (nSPS) is 11.2. The molecule has 0 fully saturated rings. The van der Waals surface area contributed by atoms with Crippen LogP contribution in [-0.2, 0) is 17.8 Å². The zero-order valence-electron chi connectivity index (χ0n) is 15.5. The first-order valence-corrected chi connectivity index (χ1v) is 8.58. The Bertz CT molecular complexity index is 915. The maximum atomic E-state index is 13.1. The number of methoxy groups -OCH3 is 1. The smallest absolute Gasteiger partial charge is 0.293 e. The number of fused-ring (bicyclic) bond motifs is 1. The summed E-state index contributed by atoms with van der Waals surface area (Å²) >= 11 is 0. The first kappa shape index (κ1) is 18.1. The Morgan fingerprint density at radius 3 is 2.88 bits per heavy atom. The van der Waals surface area contributed by atoms with E-state index in [9.17, 15) is 4.79 Å². The van der Waals surface area contributed by atoms with Gasteiger partial charge in [-0.1, -0.05) is 5.16 Å². The molecule has 0 saturated heterocycles. The molecule has 3 aromatic heterocycles. The van der Waals surface area contributed by atoms with Crippen LogP contribution in [0.3, 0.4) is 0 Å². The molecular formula is C18H23N5O3. The van der Waals surface area contributed by atoms with Crippen LogP contribution < -0.4 is 0 Å². The number of amides is 1. The van der Waals surface area contributed by atoms with Crippen LogP contribution in [0.5, 0.6) is 0 Å². The van der Waals surface area contributed by atoms with Gasteiger partial charge in [-0.3, -0.25) is 9.48 Å². The fourth-order valence-corrected chi connectivity index (χ4v) is 3.00. The highest BCUT2D eigenvalue weighted by molar-refractivity contribution is 6.02. The summed E-state index contributed by atoms with van der Waals surface area (Å²) in [4.78, 5) is 18.9. The Hall–Kier alpha value is -2.74. The Morgan fingerprint density at radius 2 is 2.19 bits per heavy atom. The van der Waals surface area contributed by atoms with Gasteiger partial charge >= 0.3 is 0 Å². The van der Waals surface area contributed by atoms with Gasteiger partial charge in [-0.2, -0.15) is 5.10 Å². The van der Waals surface area contributed by atoms with Crippen molar-refractivity contribution in [3.8, 4) is 0 Å². The lowest BCUT2D eigenvalue weighted by Gasteiger charge is -2.21. The zero-order valence-corrected chi connectivity index (χ0v) is 15.5. The van der Waals surface area contributed by atoms with Crippen molar-refractivity contribution in [1.29, 1.82) is 0 Å². The Labute approximate surface area is 151 Å². The number of rotatable bonds is 7. The monoisotopic (exact) mass is 357 g/mol. The molecule has 3 aromatic rings. The summed E-state index contributed by atoms with van der Waals surface area (Å²) in [6.45, 7) is 8.11. The number of aryl methyl sites for hydroxylation is 2. The standard InChI is InChI=1S/C18H23N5O3/c1-5-23-13(3)15(12(2)20-23)11-22(9-10-25-4)18(24)16-14-7-6-8-19-17(14)21-26-16/h6-8H,5,9-11H2,1-4H3. The predicted octanol–water partition coefficient (Wildman–Crippen LogP) is 2.34. The molecule has 0 bridgehead atoms. The van der Waals surface area contributed by atoms with E-state index in [2.05, 4.69) is 15.2 Å². The van der Waals surface area contributed by atoms with Gasteiger partial charge in [-0.25, -0.2) is 4.98 Å². The van der Waals surface area contributed by atoms with Gasteiger partial charge in [0.15, 0.2) is 0 Å². The van der Waals surface area contributed by atoms with E-state index in [1.165, 1.54) is 0 Å². The minimum atomic E-state index is -0.236. The second kappa shape index (κ2) is 7.65. The molecule has 0 aliphatic rings. The molecule has 1 amide bonds. The molecular weight excluding hydrogens is 334 g/mol. The molecule has 0 radical (unpaired) electrons. The highest BCUT2D eigenvalue weighted by atomic mass is 16.5. The summed E-state index contributed by atoms with van der Waals surface area (Å²) < 4.78 is 12.4. The number of hydrogen-bond donors (Lipinski definition) is 0. The minimum Gasteiger partial charge on any atom is -0.383 e. The molecule has 0 spiro atoms. The highest BCUT2D eigenvalue weighted by Crippen LogP contribution is 2.21. The average Bonchev–Trinajstić information content (AvgIpc) is 3.20. The summed E-state index contributed by atoms with van der Waals surface area (Å²) in [6.07, 6.45) is 1.62. The number of carbonyl (C=O) groups excluding carboxylic acids is 1. The van der Waals surface area contributed by atoms with Crippen LogP contribution in [-0.4, -0.2) is 51.0 Å². The summed E-state index contributed by atoms with van der Waals surface area (Å²) in [7, 11) is 1.61. The fraction of sp³-hybridized carbons (Fsp3) is 0.444. The van der Waals surface area contributed by atoms with Crippen molar-refractivity contribution in [2.24, 2.45) is 0 Å². The van der Waals surface area contributed by atoms with Gasteiger partial charge in [0.1, 0.15) is 0 Å². The number of ether oxygens (including phenoxy) is 1. The van der Waals surface area contributed by atoms with Crippen molar-refractivity contribution in [3.05, 3.63) is 41.0 Å². The number of hydrogen-bond acceptors (Lipinski definition) is 6. The number of nitrogens with zero attached hydrogens (tertiary/aromatic N) is 5. The van der Waals surface area contributed by atoms with Crippen molar-refractivity contribution in [3.63, 3.8) is 0 Å².